The van der Waals surface area contributed by atoms with E-state index in [-0.39, 0.29) is 23.8 Å². The number of benzene rings is 2. The molecule has 0 heterocycles. The summed E-state index contributed by atoms with van der Waals surface area (Å²) in [4.78, 5) is 12.1. The van der Waals surface area contributed by atoms with E-state index in [1.165, 1.54) is 6.07 Å². The monoisotopic (exact) mass is 390 g/mol. The number of carbonyl (C=O) groups excluding carboxylic acids is 1. The highest BCUT2D eigenvalue weighted by Gasteiger charge is 2.11. The number of amides is 1. The van der Waals surface area contributed by atoms with Crippen LogP contribution in [0.5, 0.6) is 11.5 Å². The maximum absolute atomic E-state index is 12.1. The van der Waals surface area contributed by atoms with Gasteiger partial charge in [0.05, 0.1) is 16.6 Å². The molecule has 0 atom stereocenters. The van der Waals surface area contributed by atoms with Crippen molar-refractivity contribution in [2.45, 2.75) is 27.2 Å². The number of carbonyl (C=O) groups is 1. The molecule has 5 nitrogen and oxygen atoms in total. The average molecular weight is 391 g/mol. The normalized spacial score (nSPS) is 11.4. The van der Waals surface area contributed by atoms with Crippen molar-refractivity contribution in [2.75, 3.05) is 0 Å². The van der Waals surface area contributed by atoms with Gasteiger partial charge in [-0.3, -0.25) is 4.79 Å². The van der Waals surface area contributed by atoms with Gasteiger partial charge in [0.1, 0.15) is 11.5 Å². The number of phenols is 2. The average Bonchev–Trinajstić information content (AvgIpc) is 2.51. The molecule has 126 valence electrons. The van der Waals surface area contributed by atoms with Crippen molar-refractivity contribution >= 4 is 27.5 Å². The lowest BCUT2D eigenvalue weighted by Gasteiger charge is -2.08. The molecule has 6 heteroatoms. The molecule has 1 amide bonds. The first kappa shape index (κ1) is 18.0. The van der Waals surface area contributed by atoms with Crippen molar-refractivity contribution in [1.82, 2.24) is 5.43 Å². The Morgan fingerprint density at radius 3 is 2.54 bits per heavy atom. The molecule has 2 aromatic carbocycles. The predicted octanol–water partition coefficient (Wildman–Crippen LogP) is 3.56. The summed E-state index contributed by atoms with van der Waals surface area (Å²) in [7, 11) is 0. The van der Waals surface area contributed by atoms with Crippen molar-refractivity contribution in [3.8, 4) is 11.5 Å². The zero-order valence-corrected chi connectivity index (χ0v) is 15.3. The molecule has 0 aliphatic rings. The van der Waals surface area contributed by atoms with Crippen LogP contribution in [0.4, 0.5) is 0 Å². The molecule has 3 N–H and O–H groups in total. The third-order valence-electron chi connectivity index (χ3n) is 3.65. The summed E-state index contributed by atoms with van der Waals surface area (Å²) in [5, 5.41) is 23.4. The lowest BCUT2D eigenvalue weighted by Crippen LogP contribution is -2.21. The van der Waals surface area contributed by atoms with Crippen LogP contribution < -0.4 is 5.43 Å². The van der Waals surface area contributed by atoms with Gasteiger partial charge in [0.25, 0.3) is 0 Å². The molecule has 2 rings (SSSR count). The van der Waals surface area contributed by atoms with Crippen LogP contribution in [0.1, 0.15) is 29.2 Å². The van der Waals surface area contributed by atoms with Gasteiger partial charge in [-0.1, -0.05) is 23.8 Å². The summed E-state index contributed by atoms with van der Waals surface area (Å²) in [6.07, 6.45) is 0.230. The molecule has 24 heavy (non-hydrogen) atoms. The predicted molar refractivity (Wildman–Crippen MR) is 97.4 cm³/mol. The van der Waals surface area contributed by atoms with Crippen molar-refractivity contribution in [3.05, 3.63) is 57.1 Å². The maximum Gasteiger partial charge on any atom is 0.244 e. The maximum atomic E-state index is 12.1. The largest absolute Gasteiger partial charge is 0.507 e. The number of aromatic hydroxyl groups is 2. The van der Waals surface area contributed by atoms with Gasteiger partial charge in [0.15, 0.2) is 0 Å². The third kappa shape index (κ3) is 4.35. The van der Waals surface area contributed by atoms with Crippen molar-refractivity contribution in [2.24, 2.45) is 5.10 Å². The molecular weight excluding hydrogens is 372 g/mol. The van der Waals surface area contributed by atoms with Crippen molar-refractivity contribution < 1.29 is 15.0 Å². The van der Waals surface area contributed by atoms with E-state index < -0.39 is 0 Å². The standard InChI is InChI=1S/C18H19BrN2O3/c1-10-4-5-13(11(2)6-10)7-18(24)21-20-12(3)14-8-15(19)17(23)9-16(14)22/h4-6,8-9,22-23H,7H2,1-3H3,(H,21,24)/b20-12-. The molecule has 0 bridgehead atoms. The second-order valence-electron chi connectivity index (χ2n) is 5.66. The Morgan fingerprint density at radius 2 is 1.88 bits per heavy atom. The van der Waals surface area contributed by atoms with Crippen molar-refractivity contribution in [3.63, 3.8) is 0 Å². The lowest BCUT2D eigenvalue weighted by molar-refractivity contribution is -0.120. The lowest BCUT2D eigenvalue weighted by atomic mass is 10.0. The molecule has 0 saturated heterocycles. The Morgan fingerprint density at radius 1 is 1.17 bits per heavy atom. The molecule has 0 aliphatic carbocycles. The minimum absolute atomic E-state index is 0.0667. The Hall–Kier alpha value is -2.34. The van der Waals surface area contributed by atoms with Gasteiger partial charge < -0.3 is 10.2 Å². The van der Waals surface area contributed by atoms with E-state index in [0.717, 1.165) is 16.7 Å². The summed E-state index contributed by atoms with van der Waals surface area (Å²) < 4.78 is 0.437. The van der Waals surface area contributed by atoms with Crippen LogP contribution in [0.2, 0.25) is 0 Å². The number of phenolic OH excluding ortho intramolecular Hbond substituents is 2. The second-order valence-corrected chi connectivity index (χ2v) is 6.51. The van der Waals surface area contributed by atoms with Gasteiger partial charge >= 0.3 is 0 Å². The Kier molecular flexibility index (Phi) is 5.62. The number of hydrogen-bond donors (Lipinski definition) is 3. The zero-order chi connectivity index (χ0) is 17.9. The van der Waals surface area contributed by atoms with Crippen LogP contribution in [0.3, 0.4) is 0 Å². The molecule has 2 aromatic rings. The van der Waals surface area contributed by atoms with E-state index in [4.69, 9.17) is 0 Å². The third-order valence-corrected chi connectivity index (χ3v) is 4.29. The molecular formula is C18H19BrN2O3. The van der Waals surface area contributed by atoms with Crippen molar-refractivity contribution in [1.29, 1.82) is 0 Å². The van der Waals surface area contributed by atoms with Crippen LogP contribution in [-0.2, 0) is 11.2 Å². The van der Waals surface area contributed by atoms with Crippen LogP contribution in [0.15, 0.2) is 39.9 Å². The SMILES string of the molecule is C/C(=N/NC(=O)Cc1ccc(C)cc1C)c1cc(Br)c(O)cc1O. The number of rotatable bonds is 4. The first-order valence-corrected chi connectivity index (χ1v) is 8.18. The topological polar surface area (TPSA) is 81.9 Å². The first-order chi connectivity index (χ1) is 11.3. The van der Waals surface area contributed by atoms with E-state index in [1.54, 1.807) is 13.0 Å². The van der Waals surface area contributed by atoms with Crippen LogP contribution in [0, 0.1) is 13.8 Å². The van der Waals surface area contributed by atoms with Gasteiger partial charge in [-0.05, 0) is 53.9 Å². The van der Waals surface area contributed by atoms with Gasteiger partial charge in [-0.15, -0.1) is 0 Å². The highest BCUT2D eigenvalue weighted by molar-refractivity contribution is 9.10. The Labute approximate surface area is 149 Å². The highest BCUT2D eigenvalue weighted by Crippen LogP contribution is 2.31. The number of nitrogens with one attached hydrogen (secondary N) is 1. The number of hydrogen-bond acceptors (Lipinski definition) is 4. The number of halogens is 1. The van der Waals surface area contributed by atoms with E-state index in [2.05, 4.69) is 26.5 Å². The van der Waals surface area contributed by atoms with Crippen LogP contribution in [-0.4, -0.2) is 21.8 Å². The number of hydrazone groups is 1. The van der Waals surface area contributed by atoms with Gasteiger partial charge in [0, 0.05) is 11.6 Å². The molecule has 0 aliphatic heterocycles. The fourth-order valence-electron chi connectivity index (χ4n) is 2.30. The second kappa shape index (κ2) is 7.49. The smallest absolute Gasteiger partial charge is 0.244 e. The quantitative estimate of drug-likeness (QED) is 0.551. The van der Waals surface area contributed by atoms with E-state index in [9.17, 15) is 15.0 Å². The molecule has 0 unspecified atom stereocenters. The number of aryl methyl sites for hydroxylation is 2. The van der Waals surface area contributed by atoms with Crippen LogP contribution in [0.25, 0.3) is 0 Å². The Bertz CT molecular complexity index is 816. The van der Waals surface area contributed by atoms with Gasteiger partial charge in [-0.25, -0.2) is 5.43 Å². The van der Waals surface area contributed by atoms with E-state index in [0.29, 0.717) is 15.7 Å². The molecule has 0 aromatic heterocycles. The summed E-state index contributed by atoms with van der Waals surface area (Å²) in [6, 6.07) is 8.69. The minimum Gasteiger partial charge on any atom is -0.507 e. The van der Waals surface area contributed by atoms with E-state index in [1.807, 2.05) is 32.0 Å². The highest BCUT2D eigenvalue weighted by atomic mass is 79.9. The molecule has 0 spiro atoms. The van der Waals surface area contributed by atoms with E-state index >= 15 is 0 Å². The fourth-order valence-corrected chi connectivity index (χ4v) is 2.65. The minimum atomic E-state index is -0.237. The molecule has 0 saturated carbocycles. The zero-order valence-electron chi connectivity index (χ0n) is 13.7. The summed E-state index contributed by atoms with van der Waals surface area (Å²) in [6.45, 7) is 5.64. The Balaban J connectivity index is 2.09. The summed E-state index contributed by atoms with van der Waals surface area (Å²) >= 11 is 3.18. The van der Waals surface area contributed by atoms with Gasteiger partial charge in [0.2, 0.25) is 5.91 Å². The summed E-state index contributed by atoms with van der Waals surface area (Å²) in [5.41, 5.74) is 6.51. The fraction of sp³-hybridized carbons (Fsp3) is 0.222. The van der Waals surface area contributed by atoms with Crippen LogP contribution >= 0.6 is 15.9 Å². The van der Waals surface area contributed by atoms with Gasteiger partial charge in [-0.2, -0.15) is 5.10 Å². The summed E-state index contributed by atoms with van der Waals surface area (Å²) in [5.74, 6) is -0.415. The number of nitrogens with zero attached hydrogens (tertiary/aromatic N) is 1. The molecule has 0 fully saturated rings. The molecule has 0 radical (unpaired) electrons. The first-order valence-electron chi connectivity index (χ1n) is 7.39.